The first-order chi connectivity index (χ1) is 7.78. The molecular weight excluding hydrogens is 214 g/mol. The van der Waals surface area contributed by atoms with Gasteiger partial charge in [0.1, 0.15) is 11.6 Å². The van der Waals surface area contributed by atoms with Gasteiger partial charge in [-0.05, 0) is 46.8 Å². The fourth-order valence-electron chi connectivity index (χ4n) is 1.35. The largest absolute Gasteiger partial charge is 0.458 e. The van der Waals surface area contributed by atoms with E-state index in [0.717, 1.165) is 5.69 Å². The highest BCUT2D eigenvalue weighted by Crippen LogP contribution is 2.13. The van der Waals surface area contributed by atoms with Gasteiger partial charge in [-0.3, -0.25) is 0 Å². The second-order valence-electron chi connectivity index (χ2n) is 5.27. The molecule has 0 aliphatic carbocycles. The Morgan fingerprint density at radius 3 is 2.24 bits per heavy atom. The molecule has 0 unspecified atom stereocenters. The summed E-state index contributed by atoms with van der Waals surface area (Å²) in [5, 5.41) is 3.12. The van der Waals surface area contributed by atoms with Crippen LogP contribution in [-0.4, -0.2) is 17.6 Å². The van der Waals surface area contributed by atoms with Crippen LogP contribution in [0.1, 0.15) is 33.3 Å². The summed E-state index contributed by atoms with van der Waals surface area (Å²) in [4.78, 5) is 11.7. The first kappa shape index (κ1) is 13.6. The summed E-state index contributed by atoms with van der Waals surface area (Å²) in [7, 11) is 0. The molecular formula is C14H21NO2. The molecule has 1 aromatic rings. The topological polar surface area (TPSA) is 38.3 Å². The van der Waals surface area contributed by atoms with Crippen LogP contribution < -0.4 is 5.32 Å². The molecule has 0 saturated carbocycles. The lowest BCUT2D eigenvalue weighted by Gasteiger charge is -2.23. The van der Waals surface area contributed by atoms with E-state index in [1.165, 1.54) is 5.56 Å². The SMILES string of the molecule is Cc1ccc(N[C@@H](C)C(=O)OC(C)(C)C)cc1. The van der Waals surface area contributed by atoms with E-state index in [-0.39, 0.29) is 12.0 Å². The highest BCUT2D eigenvalue weighted by Gasteiger charge is 2.21. The average Bonchev–Trinajstić information content (AvgIpc) is 2.19. The van der Waals surface area contributed by atoms with Crippen molar-refractivity contribution in [2.24, 2.45) is 0 Å². The van der Waals surface area contributed by atoms with E-state index in [1.54, 1.807) is 6.92 Å². The van der Waals surface area contributed by atoms with Crippen molar-refractivity contribution in [1.82, 2.24) is 0 Å². The molecule has 0 aliphatic heterocycles. The molecule has 1 atom stereocenters. The summed E-state index contributed by atoms with van der Waals surface area (Å²) < 4.78 is 5.29. The van der Waals surface area contributed by atoms with Crippen LogP contribution in [-0.2, 0) is 9.53 Å². The number of rotatable bonds is 3. The third-order valence-corrected chi connectivity index (χ3v) is 2.20. The summed E-state index contributed by atoms with van der Waals surface area (Å²) in [5.74, 6) is -0.238. The van der Waals surface area contributed by atoms with Crippen molar-refractivity contribution in [3.05, 3.63) is 29.8 Å². The number of carbonyl (C=O) groups excluding carboxylic acids is 1. The lowest BCUT2D eigenvalue weighted by molar-refractivity contribution is -0.155. The maximum atomic E-state index is 11.7. The van der Waals surface area contributed by atoms with Gasteiger partial charge in [0.15, 0.2) is 0 Å². The summed E-state index contributed by atoms with van der Waals surface area (Å²) >= 11 is 0. The zero-order valence-electron chi connectivity index (χ0n) is 11.2. The van der Waals surface area contributed by atoms with Crippen LogP contribution in [0, 0.1) is 6.92 Å². The normalized spacial score (nSPS) is 13.0. The van der Waals surface area contributed by atoms with Gasteiger partial charge in [-0.15, -0.1) is 0 Å². The first-order valence-electron chi connectivity index (χ1n) is 5.84. The van der Waals surface area contributed by atoms with E-state index in [1.807, 2.05) is 52.0 Å². The van der Waals surface area contributed by atoms with E-state index < -0.39 is 5.60 Å². The summed E-state index contributed by atoms with van der Waals surface area (Å²) in [5.41, 5.74) is 1.68. The number of aryl methyl sites for hydroxylation is 1. The standard InChI is InChI=1S/C14H21NO2/c1-10-6-8-12(9-7-10)15-11(2)13(16)17-14(3,4)5/h6-9,11,15H,1-5H3/t11-/m0/s1. The molecule has 0 fully saturated rings. The molecule has 0 aliphatic rings. The third kappa shape index (κ3) is 4.89. The third-order valence-electron chi connectivity index (χ3n) is 2.20. The minimum Gasteiger partial charge on any atom is -0.458 e. The zero-order valence-corrected chi connectivity index (χ0v) is 11.2. The number of hydrogen-bond donors (Lipinski definition) is 1. The minimum atomic E-state index is -0.444. The number of carbonyl (C=O) groups is 1. The fourth-order valence-corrected chi connectivity index (χ4v) is 1.35. The van der Waals surface area contributed by atoms with Gasteiger partial charge in [0.05, 0.1) is 0 Å². The number of nitrogens with one attached hydrogen (secondary N) is 1. The molecule has 0 amide bonds. The fraction of sp³-hybridized carbons (Fsp3) is 0.500. The van der Waals surface area contributed by atoms with Gasteiger partial charge < -0.3 is 10.1 Å². The predicted molar refractivity (Wildman–Crippen MR) is 70.1 cm³/mol. The van der Waals surface area contributed by atoms with Crippen LogP contribution in [0.15, 0.2) is 24.3 Å². The van der Waals surface area contributed by atoms with Gasteiger partial charge in [0.25, 0.3) is 0 Å². The van der Waals surface area contributed by atoms with Crippen molar-refractivity contribution >= 4 is 11.7 Å². The first-order valence-corrected chi connectivity index (χ1v) is 5.84. The lowest BCUT2D eigenvalue weighted by Crippen LogP contribution is -2.34. The Bertz CT molecular complexity index is 376. The van der Waals surface area contributed by atoms with E-state index in [4.69, 9.17) is 4.74 Å². The molecule has 0 spiro atoms. The summed E-state index contributed by atoms with van der Waals surface area (Å²) in [6, 6.07) is 7.57. The van der Waals surface area contributed by atoms with Crippen LogP contribution in [0.5, 0.6) is 0 Å². The minimum absolute atomic E-state index is 0.238. The predicted octanol–water partition coefficient (Wildman–Crippen LogP) is 3.14. The van der Waals surface area contributed by atoms with Gasteiger partial charge >= 0.3 is 5.97 Å². The second-order valence-corrected chi connectivity index (χ2v) is 5.27. The van der Waals surface area contributed by atoms with E-state index in [0.29, 0.717) is 0 Å². The van der Waals surface area contributed by atoms with Crippen LogP contribution in [0.4, 0.5) is 5.69 Å². The van der Waals surface area contributed by atoms with E-state index >= 15 is 0 Å². The molecule has 94 valence electrons. The molecule has 0 heterocycles. The highest BCUT2D eigenvalue weighted by molar-refractivity contribution is 5.79. The smallest absolute Gasteiger partial charge is 0.328 e. The molecule has 1 aromatic carbocycles. The van der Waals surface area contributed by atoms with Crippen LogP contribution in [0.25, 0.3) is 0 Å². The molecule has 1 N–H and O–H groups in total. The maximum Gasteiger partial charge on any atom is 0.328 e. The zero-order chi connectivity index (χ0) is 13.1. The van der Waals surface area contributed by atoms with Crippen LogP contribution in [0.2, 0.25) is 0 Å². The number of ether oxygens (including phenoxy) is 1. The Morgan fingerprint density at radius 1 is 1.24 bits per heavy atom. The van der Waals surface area contributed by atoms with Crippen LogP contribution in [0.3, 0.4) is 0 Å². The van der Waals surface area contributed by atoms with Crippen molar-refractivity contribution in [1.29, 1.82) is 0 Å². The molecule has 1 rings (SSSR count). The Balaban J connectivity index is 2.57. The lowest BCUT2D eigenvalue weighted by atomic mass is 10.2. The molecule has 3 nitrogen and oxygen atoms in total. The van der Waals surface area contributed by atoms with Gasteiger partial charge in [-0.25, -0.2) is 4.79 Å². The number of hydrogen-bond acceptors (Lipinski definition) is 3. The number of benzene rings is 1. The Labute approximate surface area is 103 Å². The van der Waals surface area contributed by atoms with Crippen LogP contribution >= 0.6 is 0 Å². The van der Waals surface area contributed by atoms with Crippen molar-refractivity contribution in [3.63, 3.8) is 0 Å². The van der Waals surface area contributed by atoms with Crippen molar-refractivity contribution < 1.29 is 9.53 Å². The molecule has 0 saturated heterocycles. The average molecular weight is 235 g/mol. The van der Waals surface area contributed by atoms with E-state index in [9.17, 15) is 4.79 Å². The molecule has 3 heteroatoms. The van der Waals surface area contributed by atoms with E-state index in [2.05, 4.69) is 5.32 Å². The van der Waals surface area contributed by atoms with Crippen molar-refractivity contribution in [3.8, 4) is 0 Å². The number of esters is 1. The van der Waals surface area contributed by atoms with Gasteiger partial charge in [-0.2, -0.15) is 0 Å². The molecule has 0 radical (unpaired) electrons. The monoisotopic (exact) mass is 235 g/mol. The Kier molecular flexibility index (Phi) is 4.16. The molecule has 17 heavy (non-hydrogen) atoms. The Morgan fingerprint density at radius 2 is 1.76 bits per heavy atom. The maximum absolute atomic E-state index is 11.7. The Hall–Kier alpha value is -1.51. The summed E-state index contributed by atoms with van der Waals surface area (Å²) in [6.07, 6.45) is 0. The van der Waals surface area contributed by atoms with Crippen molar-refractivity contribution in [2.75, 3.05) is 5.32 Å². The van der Waals surface area contributed by atoms with Crippen molar-refractivity contribution in [2.45, 2.75) is 46.3 Å². The number of anilines is 1. The van der Waals surface area contributed by atoms with Gasteiger partial charge in [-0.1, -0.05) is 17.7 Å². The highest BCUT2D eigenvalue weighted by atomic mass is 16.6. The van der Waals surface area contributed by atoms with Gasteiger partial charge in [0.2, 0.25) is 0 Å². The second kappa shape index (κ2) is 5.21. The quantitative estimate of drug-likeness (QED) is 0.818. The van der Waals surface area contributed by atoms with Gasteiger partial charge in [0, 0.05) is 5.69 Å². The summed E-state index contributed by atoms with van der Waals surface area (Å²) in [6.45, 7) is 9.42. The molecule has 0 aromatic heterocycles. The molecule has 0 bridgehead atoms.